The van der Waals surface area contributed by atoms with Crippen molar-refractivity contribution in [3.8, 4) is 0 Å². The predicted molar refractivity (Wildman–Crippen MR) is 182 cm³/mol. The first kappa shape index (κ1) is 42.1. The summed E-state index contributed by atoms with van der Waals surface area (Å²) in [6.45, 7) is 4.17. The molecule has 0 aliphatic heterocycles. The molecule has 266 valence electrons. The molecule has 1 saturated carbocycles. The van der Waals surface area contributed by atoms with Gasteiger partial charge >= 0.3 is 19.8 Å². The van der Waals surface area contributed by atoms with Crippen molar-refractivity contribution in [2.45, 2.75) is 206 Å². The molecule has 1 unspecified atom stereocenters. The number of rotatable bonds is 33. The van der Waals surface area contributed by atoms with Gasteiger partial charge in [-0.3, -0.25) is 14.1 Å². The fourth-order valence-electron chi connectivity index (χ4n) is 5.99. The largest absolute Gasteiger partial charge is 0.469 e. The van der Waals surface area contributed by atoms with Crippen LogP contribution in [0.15, 0.2) is 0 Å². The van der Waals surface area contributed by atoms with Gasteiger partial charge in [-0.05, 0) is 12.8 Å². The zero-order chi connectivity index (χ0) is 33.0. The van der Waals surface area contributed by atoms with Gasteiger partial charge in [0.25, 0.3) is 0 Å². The van der Waals surface area contributed by atoms with E-state index in [1.165, 1.54) is 128 Å². The van der Waals surface area contributed by atoms with Crippen LogP contribution in [0.1, 0.15) is 194 Å². The third-order valence-corrected chi connectivity index (χ3v) is 9.45. The summed E-state index contributed by atoms with van der Waals surface area (Å²) in [6, 6.07) is 0. The van der Waals surface area contributed by atoms with Crippen LogP contribution in [0.4, 0.5) is 0 Å². The molecule has 3 atom stereocenters. The van der Waals surface area contributed by atoms with Crippen LogP contribution in [0.25, 0.3) is 0 Å². The van der Waals surface area contributed by atoms with Crippen molar-refractivity contribution in [2.24, 2.45) is 5.92 Å². The van der Waals surface area contributed by atoms with Gasteiger partial charge in [-0.1, -0.05) is 168 Å². The summed E-state index contributed by atoms with van der Waals surface area (Å²) in [6.07, 6.45) is 31.0. The molecule has 0 spiro atoms. The van der Waals surface area contributed by atoms with Gasteiger partial charge < -0.3 is 19.3 Å². The summed E-state index contributed by atoms with van der Waals surface area (Å²) >= 11 is 0. The van der Waals surface area contributed by atoms with Gasteiger partial charge in [0.2, 0.25) is 0 Å². The van der Waals surface area contributed by atoms with Gasteiger partial charge in [0, 0.05) is 12.8 Å². The fourth-order valence-corrected chi connectivity index (χ4v) is 6.36. The fraction of sp³-hybridized carbons (Fsp3) is 0.944. The normalized spacial score (nSPS) is 17.8. The second-order valence-electron chi connectivity index (χ2n) is 13.3. The highest BCUT2D eigenvalue weighted by Crippen LogP contribution is 2.44. The first-order valence-electron chi connectivity index (χ1n) is 18.9. The summed E-state index contributed by atoms with van der Waals surface area (Å²) in [4.78, 5) is 43.0. The van der Waals surface area contributed by atoms with Crippen LogP contribution >= 0.6 is 7.82 Å². The molecule has 2 N–H and O–H groups in total. The van der Waals surface area contributed by atoms with E-state index in [0.29, 0.717) is 12.8 Å². The topological polar surface area (TPSA) is 119 Å². The van der Waals surface area contributed by atoms with Gasteiger partial charge in [-0.25, -0.2) is 4.57 Å². The molecule has 0 amide bonds. The Balaban J connectivity index is 2.13. The Morgan fingerprint density at radius 2 is 0.756 bits per heavy atom. The number of unbranched alkanes of at least 4 members (excludes halogenated alkanes) is 24. The Bertz CT molecular complexity index is 720. The van der Waals surface area contributed by atoms with Crippen LogP contribution in [0.2, 0.25) is 0 Å². The highest BCUT2D eigenvalue weighted by molar-refractivity contribution is 7.46. The second-order valence-corrected chi connectivity index (χ2v) is 14.6. The lowest BCUT2D eigenvalue weighted by Crippen LogP contribution is -2.13. The minimum Gasteiger partial charge on any atom is -0.458 e. The molecule has 0 aromatic carbocycles. The van der Waals surface area contributed by atoms with Gasteiger partial charge in [-0.2, -0.15) is 0 Å². The molecule has 8 nitrogen and oxygen atoms in total. The van der Waals surface area contributed by atoms with E-state index >= 15 is 0 Å². The number of esters is 2. The van der Waals surface area contributed by atoms with E-state index in [4.69, 9.17) is 19.3 Å². The van der Waals surface area contributed by atoms with Gasteiger partial charge in [0.15, 0.2) is 0 Å². The van der Waals surface area contributed by atoms with Crippen LogP contribution in [0.5, 0.6) is 0 Å². The summed E-state index contributed by atoms with van der Waals surface area (Å²) in [5.74, 6) is -1.28. The minimum atomic E-state index is -4.67. The first-order chi connectivity index (χ1) is 21.8. The van der Waals surface area contributed by atoms with Gasteiger partial charge in [-0.15, -0.1) is 0 Å². The summed E-state index contributed by atoms with van der Waals surface area (Å²) in [5.41, 5.74) is 0. The van der Waals surface area contributed by atoms with Crippen molar-refractivity contribution in [3.05, 3.63) is 0 Å². The highest BCUT2D eigenvalue weighted by atomic mass is 31.2. The molecule has 0 heterocycles. The quantitative estimate of drug-likeness (QED) is 0.0405. The van der Waals surface area contributed by atoms with E-state index in [2.05, 4.69) is 18.4 Å². The maximum Gasteiger partial charge on any atom is 0.469 e. The number of carbonyl (C=O) groups is 2. The standard InChI is InChI=1S/C36H69O8P/c1-3-5-7-9-11-13-15-17-19-21-23-25-27-29-33(37)43-35-32(31-42-45(39,40)41)36(35)44-34(38)30-28-26-24-22-20-18-16-14-12-10-8-6-4-2/h32,35-36H,3-31H2,1-2H3,(H2,39,40,41)/t32?,35-,36+. The highest BCUT2D eigenvalue weighted by Gasteiger charge is 2.57. The van der Waals surface area contributed by atoms with E-state index in [1.807, 2.05) is 0 Å². The molecular weight excluding hydrogens is 591 g/mol. The lowest BCUT2D eigenvalue weighted by Gasteiger charge is -2.06. The number of hydrogen-bond donors (Lipinski definition) is 2. The lowest BCUT2D eigenvalue weighted by molar-refractivity contribution is -0.152. The summed E-state index contributed by atoms with van der Waals surface area (Å²) in [7, 11) is -4.67. The maximum absolute atomic E-state index is 12.4. The summed E-state index contributed by atoms with van der Waals surface area (Å²) in [5, 5.41) is 0. The third-order valence-electron chi connectivity index (χ3n) is 8.97. The molecule has 0 bridgehead atoms. The van der Waals surface area contributed by atoms with Crippen LogP contribution < -0.4 is 0 Å². The maximum atomic E-state index is 12.4. The second kappa shape index (κ2) is 28.1. The van der Waals surface area contributed by atoms with Crippen molar-refractivity contribution >= 4 is 19.8 Å². The smallest absolute Gasteiger partial charge is 0.458 e. The van der Waals surface area contributed by atoms with Crippen LogP contribution in [-0.2, 0) is 28.2 Å². The monoisotopic (exact) mass is 660 g/mol. The molecule has 1 aliphatic carbocycles. The van der Waals surface area contributed by atoms with E-state index in [1.54, 1.807) is 0 Å². The summed E-state index contributed by atoms with van der Waals surface area (Å²) < 4.78 is 26.9. The average molecular weight is 661 g/mol. The molecule has 0 radical (unpaired) electrons. The van der Waals surface area contributed by atoms with E-state index < -0.39 is 25.9 Å². The number of phosphoric ester groups is 1. The number of ether oxygens (including phenoxy) is 2. The van der Waals surface area contributed by atoms with Crippen molar-refractivity contribution in [1.82, 2.24) is 0 Å². The van der Waals surface area contributed by atoms with E-state index in [9.17, 15) is 14.2 Å². The Hall–Kier alpha value is -0.950. The Labute approximate surface area is 275 Å². The molecule has 45 heavy (non-hydrogen) atoms. The average Bonchev–Trinajstić information content (AvgIpc) is 3.65. The van der Waals surface area contributed by atoms with Crippen LogP contribution in [-0.4, -0.2) is 40.5 Å². The molecular formula is C36H69O8P. The van der Waals surface area contributed by atoms with Crippen molar-refractivity contribution in [1.29, 1.82) is 0 Å². The third kappa shape index (κ3) is 25.8. The molecule has 1 rings (SSSR count). The van der Waals surface area contributed by atoms with E-state index in [0.717, 1.165) is 38.5 Å². The van der Waals surface area contributed by atoms with Gasteiger partial charge in [0.1, 0.15) is 12.2 Å². The Kier molecular flexibility index (Phi) is 26.3. The molecule has 0 aromatic rings. The Morgan fingerprint density at radius 1 is 0.489 bits per heavy atom. The Morgan fingerprint density at radius 3 is 1.02 bits per heavy atom. The van der Waals surface area contributed by atoms with Gasteiger partial charge in [0.05, 0.1) is 12.5 Å². The first-order valence-corrected chi connectivity index (χ1v) is 20.4. The molecule has 1 aliphatic rings. The number of hydrogen-bond acceptors (Lipinski definition) is 6. The SMILES string of the molecule is CCCCCCCCCCCCCCCC(=O)O[C@@H]1C(COP(=O)(O)O)[C@@H]1OC(=O)CCCCCCCCCCCCCCC. The molecule has 9 heteroatoms. The number of phosphoric acid groups is 1. The van der Waals surface area contributed by atoms with Crippen LogP contribution in [0, 0.1) is 5.92 Å². The molecule has 1 fully saturated rings. The van der Waals surface area contributed by atoms with E-state index in [-0.39, 0.29) is 18.5 Å². The predicted octanol–water partition coefficient (Wildman–Crippen LogP) is 10.5. The minimum absolute atomic E-state index is 0.292. The molecule has 0 aromatic heterocycles. The van der Waals surface area contributed by atoms with Crippen molar-refractivity contribution < 1.29 is 37.9 Å². The van der Waals surface area contributed by atoms with Crippen LogP contribution in [0.3, 0.4) is 0 Å². The lowest BCUT2D eigenvalue weighted by atomic mass is 10.0. The van der Waals surface area contributed by atoms with Crippen molar-refractivity contribution in [3.63, 3.8) is 0 Å². The zero-order valence-electron chi connectivity index (χ0n) is 29.0. The van der Waals surface area contributed by atoms with Crippen molar-refractivity contribution in [2.75, 3.05) is 6.61 Å². The number of carbonyl (C=O) groups excluding carboxylic acids is 2. The zero-order valence-corrected chi connectivity index (χ0v) is 29.9. The molecule has 0 saturated heterocycles.